The highest BCUT2D eigenvalue weighted by molar-refractivity contribution is 7.02. The van der Waals surface area contributed by atoms with Crippen molar-refractivity contribution in [2.75, 3.05) is 24.5 Å². The van der Waals surface area contributed by atoms with Gasteiger partial charge in [-0.05, 0) is 354 Å². The van der Waals surface area contributed by atoms with Crippen LogP contribution in [-0.2, 0) is 0 Å². The molecule has 12 aromatic carbocycles. The maximum absolute atomic E-state index is 7.51. The first kappa shape index (κ1) is 60.5. The highest BCUT2D eigenvalue weighted by Crippen LogP contribution is 2.52. The third kappa shape index (κ3) is 10.3. The number of anilines is 15. The van der Waals surface area contributed by atoms with Gasteiger partial charge in [-0.25, -0.2) is 0 Å². The lowest BCUT2D eigenvalue weighted by atomic mass is 9.30. The first-order chi connectivity index (χ1) is 46.0. The Morgan fingerprint density at radius 1 is 0.219 bits per heavy atom. The molecule has 0 spiro atoms. The Hall–Kier alpha value is -10.4. The fourth-order valence-electron chi connectivity index (χ4n) is 17.0. The molecule has 6 nitrogen and oxygen atoms in total. The highest BCUT2D eigenvalue weighted by Gasteiger charge is 2.49. The lowest BCUT2D eigenvalue weighted by Crippen LogP contribution is -2.64. The van der Waals surface area contributed by atoms with Gasteiger partial charge >= 0.3 is 0 Å². The van der Waals surface area contributed by atoms with Crippen LogP contribution >= 0.6 is 0 Å². The molecule has 0 aromatic heterocycles. The molecule has 4 heterocycles. The van der Waals surface area contributed by atoms with Gasteiger partial charge in [0.1, 0.15) is 11.5 Å². The first-order valence-electron chi connectivity index (χ1n) is 34.1. The third-order valence-electron chi connectivity index (χ3n) is 20.0. The number of ether oxygens (including phenoxy) is 1. The molecule has 0 unspecified atom stereocenters. The summed E-state index contributed by atoms with van der Waals surface area (Å²) in [6, 6.07) is 78.3. The fourth-order valence-corrected chi connectivity index (χ4v) is 17.0. The molecular weight excluding hydrogens is 1160 g/mol. The van der Waals surface area contributed by atoms with Crippen molar-refractivity contribution in [3.63, 3.8) is 0 Å². The molecule has 0 aliphatic carbocycles. The second kappa shape index (κ2) is 22.6. The standard InChI is InChI=1S/C88H81B2N5O/c1-50-17-19-75-79(42-50)93(70-36-60(11)25-61(12)37-70)82-44-73(91(66-28-52(3)21-53(4)29-66)67-30-54(5)22-55(6)31-67)45-83-87(82)89(75)77-48-78-81(49-80(77)94(83)71-38-62(13)26-63(14)39-71)95(72-40-64(15)27-65(16)41-72)84-46-74(47-86-88(84)90(78)76-20-18-51(2)43-85(76)96-86)92(68-32-56(7)23-57(8)33-68)69-34-58(9)24-59(10)35-69/h17-49H,1-16H3. The van der Waals surface area contributed by atoms with E-state index in [0.717, 1.165) is 108 Å². The minimum absolute atomic E-state index is 0.181. The quantitative estimate of drug-likeness (QED) is 0.134. The molecule has 0 atom stereocenters. The minimum Gasteiger partial charge on any atom is -0.458 e. The van der Waals surface area contributed by atoms with Crippen molar-refractivity contribution in [2.24, 2.45) is 0 Å². The van der Waals surface area contributed by atoms with Crippen LogP contribution in [0.5, 0.6) is 11.5 Å². The Morgan fingerprint density at radius 3 is 0.885 bits per heavy atom. The van der Waals surface area contributed by atoms with Gasteiger partial charge in [0.05, 0.1) is 11.4 Å². The third-order valence-corrected chi connectivity index (χ3v) is 20.0. The van der Waals surface area contributed by atoms with Crippen LogP contribution in [0.25, 0.3) is 0 Å². The molecule has 0 bridgehead atoms. The largest absolute Gasteiger partial charge is 0.458 e. The van der Waals surface area contributed by atoms with Crippen molar-refractivity contribution >= 4 is 132 Å². The summed E-state index contributed by atoms with van der Waals surface area (Å²) in [5.74, 6) is 1.75. The Kier molecular flexibility index (Phi) is 14.3. The van der Waals surface area contributed by atoms with Crippen LogP contribution in [0.1, 0.15) is 89.0 Å². The number of aryl methyl sites for hydroxylation is 16. The molecule has 8 heteroatoms. The molecule has 96 heavy (non-hydrogen) atoms. The summed E-state index contributed by atoms with van der Waals surface area (Å²) < 4.78 is 7.51. The highest BCUT2D eigenvalue weighted by atomic mass is 16.5. The van der Waals surface area contributed by atoms with Gasteiger partial charge in [-0.15, -0.1) is 0 Å². The summed E-state index contributed by atoms with van der Waals surface area (Å²) in [5, 5.41) is 0. The summed E-state index contributed by atoms with van der Waals surface area (Å²) in [7, 11) is 0. The Labute approximate surface area is 568 Å². The lowest BCUT2D eigenvalue weighted by Gasteiger charge is -2.47. The van der Waals surface area contributed by atoms with Gasteiger partial charge < -0.3 is 29.2 Å². The molecule has 0 N–H and O–H groups in total. The fraction of sp³-hybridized carbons (Fsp3) is 0.182. The summed E-state index contributed by atoms with van der Waals surface area (Å²) in [4.78, 5) is 12.8. The van der Waals surface area contributed by atoms with Gasteiger partial charge in [0.25, 0.3) is 13.4 Å². The molecular formula is C88H81B2N5O. The zero-order valence-electron chi connectivity index (χ0n) is 58.4. The van der Waals surface area contributed by atoms with Crippen LogP contribution in [0.4, 0.5) is 85.3 Å². The number of fused-ring (bicyclic) bond motifs is 8. The average Bonchev–Trinajstić information content (AvgIpc) is 0.686. The average molecular weight is 1250 g/mol. The van der Waals surface area contributed by atoms with Crippen LogP contribution in [0.15, 0.2) is 200 Å². The zero-order chi connectivity index (χ0) is 66.6. The predicted octanol–water partition coefficient (Wildman–Crippen LogP) is 20.0. The number of benzene rings is 12. The van der Waals surface area contributed by atoms with Crippen LogP contribution in [0.2, 0.25) is 0 Å². The summed E-state index contributed by atoms with van der Waals surface area (Å²) in [6.07, 6.45) is 0. The molecule has 470 valence electrons. The zero-order valence-corrected chi connectivity index (χ0v) is 58.4. The van der Waals surface area contributed by atoms with E-state index in [4.69, 9.17) is 4.74 Å². The number of hydrogen-bond acceptors (Lipinski definition) is 6. The van der Waals surface area contributed by atoms with Crippen molar-refractivity contribution in [3.05, 3.63) is 289 Å². The predicted molar refractivity (Wildman–Crippen MR) is 411 cm³/mol. The van der Waals surface area contributed by atoms with Gasteiger partial charge in [-0.3, -0.25) is 0 Å². The van der Waals surface area contributed by atoms with Crippen LogP contribution in [0, 0.1) is 111 Å². The molecule has 0 radical (unpaired) electrons. The van der Waals surface area contributed by atoms with E-state index in [1.54, 1.807) is 0 Å². The minimum atomic E-state index is -0.193. The molecule has 0 fully saturated rings. The van der Waals surface area contributed by atoms with Gasteiger partial charge in [0.15, 0.2) is 0 Å². The van der Waals surface area contributed by atoms with E-state index in [1.807, 2.05) is 0 Å². The second-order valence-electron chi connectivity index (χ2n) is 28.9. The SMILES string of the molecule is Cc1cc(C)cc(N(c2cc(C)cc(C)c2)c2cc3c4c(c2)N(c2cc(C)cc(C)c2)c2cc5c(cc2B4c2ccc(C)cc2O3)B2c3ccc(C)cc3N(c3cc(C)cc(C)c3)c3cc(N(c4cc(C)cc(C)c4)c4cc(C)cc(C)c4)cc(c32)N5c2cc(C)cc(C)c2)c1. The molecule has 0 amide bonds. The van der Waals surface area contributed by atoms with Crippen molar-refractivity contribution in [1.29, 1.82) is 0 Å². The lowest BCUT2D eigenvalue weighted by molar-refractivity contribution is 0.487. The van der Waals surface area contributed by atoms with Gasteiger partial charge in [-0.1, -0.05) is 72.8 Å². The van der Waals surface area contributed by atoms with Gasteiger partial charge in [0.2, 0.25) is 0 Å². The van der Waals surface area contributed by atoms with E-state index in [9.17, 15) is 0 Å². The second-order valence-corrected chi connectivity index (χ2v) is 28.9. The maximum atomic E-state index is 7.51. The van der Waals surface area contributed by atoms with Crippen LogP contribution < -0.4 is 62.0 Å². The van der Waals surface area contributed by atoms with Crippen molar-refractivity contribution in [2.45, 2.75) is 111 Å². The molecule has 4 aliphatic rings. The molecule has 0 saturated heterocycles. The van der Waals surface area contributed by atoms with E-state index < -0.39 is 0 Å². The number of hydrogen-bond donors (Lipinski definition) is 0. The van der Waals surface area contributed by atoms with Crippen molar-refractivity contribution < 1.29 is 4.74 Å². The summed E-state index contributed by atoms with van der Waals surface area (Å²) in [6.45, 7) is 35.3. The van der Waals surface area contributed by atoms with E-state index >= 15 is 0 Å². The smallest absolute Gasteiger partial charge is 0.256 e. The Morgan fingerprint density at radius 2 is 0.510 bits per heavy atom. The number of rotatable bonds is 9. The molecule has 16 rings (SSSR count). The summed E-state index contributed by atoms with van der Waals surface area (Å²) in [5.41, 5.74) is 43.5. The maximum Gasteiger partial charge on any atom is 0.256 e. The van der Waals surface area contributed by atoms with E-state index in [0.29, 0.717) is 0 Å². The van der Waals surface area contributed by atoms with E-state index in [-0.39, 0.29) is 13.4 Å². The topological polar surface area (TPSA) is 25.4 Å². The molecule has 4 aliphatic heterocycles. The Balaban J connectivity index is 1.05. The van der Waals surface area contributed by atoms with E-state index in [1.165, 1.54) is 111 Å². The van der Waals surface area contributed by atoms with Crippen LogP contribution in [0.3, 0.4) is 0 Å². The van der Waals surface area contributed by atoms with Gasteiger partial charge in [0, 0.05) is 80.0 Å². The summed E-state index contributed by atoms with van der Waals surface area (Å²) >= 11 is 0. The normalized spacial score (nSPS) is 13.0. The first-order valence-corrected chi connectivity index (χ1v) is 34.1. The van der Waals surface area contributed by atoms with Crippen LogP contribution in [-0.4, -0.2) is 13.4 Å². The van der Waals surface area contributed by atoms with Crippen molar-refractivity contribution in [3.8, 4) is 11.5 Å². The molecule has 0 saturated carbocycles. The number of nitrogens with zero attached hydrogens (tertiary/aromatic N) is 5. The molecule has 12 aromatic rings. The Bertz CT molecular complexity index is 5070. The monoisotopic (exact) mass is 1250 g/mol. The van der Waals surface area contributed by atoms with E-state index in [2.05, 4.69) is 335 Å². The van der Waals surface area contributed by atoms with Crippen molar-refractivity contribution in [1.82, 2.24) is 0 Å². The van der Waals surface area contributed by atoms with Gasteiger partial charge in [-0.2, -0.15) is 0 Å².